The summed E-state index contributed by atoms with van der Waals surface area (Å²) in [5, 5.41) is 4.63. The molecule has 0 unspecified atom stereocenters. The molecular weight excluding hydrogens is 617 g/mol. The van der Waals surface area contributed by atoms with Crippen molar-refractivity contribution in [2.45, 2.75) is 63.3 Å². The maximum atomic E-state index is 13.8. The highest BCUT2D eigenvalue weighted by Gasteiger charge is 2.37. The number of hydrogen-bond acceptors (Lipinski definition) is 6. The summed E-state index contributed by atoms with van der Waals surface area (Å²) >= 11 is 7.68. The van der Waals surface area contributed by atoms with Gasteiger partial charge in [0.25, 0.3) is 0 Å². The number of nitrogens with one attached hydrogen (secondary N) is 1. The van der Waals surface area contributed by atoms with Crippen LogP contribution in [0, 0.1) is 5.92 Å². The lowest BCUT2D eigenvalue weighted by Crippen LogP contribution is -2.51. The van der Waals surface area contributed by atoms with E-state index in [1.54, 1.807) is 21.1 Å². The third-order valence-electron chi connectivity index (χ3n) is 9.07. The molecule has 0 aliphatic carbocycles. The second-order valence-electron chi connectivity index (χ2n) is 12.1. The minimum absolute atomic E-state index is 0.0255. The quantitative estimate of drug-likeness (QED) is 0.403. The number of nitrogens with two attached hydrogens (primary N) is 1. The number of halogens is 4. The highest BCUT2D eigenvalue weighted by Crippen LogP contribution is 2.39. The molecule has 4 heterocycles. The predicted molar refractivity (Wildman–Crippen MR) is 164 cm³/mol. The minimum Gasteiger partial charge on any atom is -0.397 e. The van der Waals surface area contributed by atoms with Crippen molar-refractivity contribution in [3.05, 3.63) is 44.6 Å². The molecular formula is C30H38ClF3N6O3S. The Labute approximate surface area is 264 Å². The van der Waals surface area contributed by atoms with Crippen LogP contribution in [0.3, 0.4) is 0 Å². The minimum atomic E-state index is -4.71. The van der Waals surface area contributed by atoms with Gasteiger partial charge >= 0.3 is 12.2 Å². The van der Waals surface area contributed by atoms with E-state index in [-0.39, 0.29) is 47.3 Å². The van der Waals surface area contributed by atoms with Crippen LogP contribution in [0.25, 0.3) is 0 Å². The highest BCUT2D eigenvalue weighted by atomic mass is 35.5. The maximum Gasteiger partial charge on any atom is 0.418 e. The van der Waals surface area contributed by atoms with Crippen molar-refractivity contribution < 1.29 is 27.6 Å². The van der Waals surface area contributed by atoms with Crippen molar-refractivity contribution in [1.82, 2.24) is 19.6 Å². The number of hydrogen-bond donors (Lipinski definition) is 2. The smallest absolute Gasteiger partial charge is 0.397 e. The van der Waals surface area contributed by atoms with Crippen molar-refractivity contribution in [3.63, 3.8) is 0 Å². The number of benzene rings is 1. The first-order valence-electron chi connectivity index (χ1n) is 14.8. The molecule has 3 aliphatic rings. The van der Waals surface area contributed by atoms with E-state index in [0.29, 0.717) is 51.6 Å². The Morgan fingerprint density at radius 1 is 1.11 bits per heavy atom. The van der Waals surface area contributed by atoms with Crippen LogP contribution in [0.2, 0.25) is 5.02 Å². The molecule has 1 atom stereocenters. The summed E-state index contributed by atoms with van der Waals surface area (Å²) in [7, 11) is 3.99. The first kappa shape index (κ1) is 32.4. The Hall–Kier alpha value is -3.03. The van der Waals surface area contributed by atoms with Crippen molar-refractivity contribution >= 4 is 52.2 Å². The Morgan fingerprint density at radius 3 is 2.41 bits per heavy atom. The molecule has 3 N–H and O–H groups in total. The van der Waals surface area contributed by atoms with Crippen LogP contribution in [0.1, 0.15) is 48.1 Å². The zero-order valence-electron chi connectivity index (χ0n) is 24.8. The number of carbonyl (C=O) groups excluding carboxylic acids is 3. The van der Waals surface area contributed by atoms with Gasteiger partial charge in [0.1, 0.15) is 0 Å². The van der Waals surface area contributed by atoms with Gasteiger partial charge in [0, 0.05) is 49.6 Å². The van der Waals surface area contributed by atoms with Crippen molar-refractivity contribution in [3.8, 4) is 0 Å². The maximum absolute atomic E-state index is 13.8. The van der Waals surface area contributed by atoms with E-state index < -0.39 is 23.3 Å². The summed E-state index contributed by atoms with van der Waals surface area (Å²) in [6.07, 6.45) is -2.18. The number of urea groups is 1. The van der Waals surface area contributed by atoms with E-state index in [1.807, 2.05) is 30.4 Å². The molecule has 4 amide bonds. The number of nitrogens with zero attached hydrogens (tertiary/aromatic N) is 4. The van der Waals surface area contributed by atoms with Crippen LogP contribution in [0.4, 0.5) is 29.3 Å². The monoisotopic (exact) mass is 654 g/mol. The molecule has 240 valence electrons. The largest absolute Gasteiger partial charge is 0.418 e. The van der Waals surface area contributed by atoms with Gasteiger partial charge in [-0.05, 0) is 75.3 Å². The Bertz CT molecular complexity index is 1390. The number of anilines is 2. The zero-order valence-corrected chi connectivity index (χ0v) is 26.4. The predicted octanol–water partition coefficient (Wildman–Crippen LogP) is 5.14. The molecule has 0 radical (unpaired) electrons. The van der Waals surface area contributed by atoms with Crippen LogP contribution in [-0.2, 0) is 28.7 Å². The Balaban J connectivity index is 1.28. The highest BCUT2D eigenvalue weighted by molar-refractivity contribution is 7.10. The number of carbonyl (C=O) groups is 3. The van der Waals surface area contributed by atoms with Gasteiger partial charge in [-0.15, -0.1) is 11.3 Å². The Kier molecular flexibility index (Phi) is 9.66. The molecule has 0 bridgehead atoms. The van der Waals surface area contributed by atoms with E-state index in [1.165, 1.54) is 6.07 Å². The standard InChI is InChI=1S/C30H38ClF3N6O3S/c1-37(2)20-3-10-39(11-4-20)28(42)19(13-18-14-22(30(32,33)34)27(35)23(31)15-18)16-26(41)38-8-5-21(6-9-38)40-17-25-24(7-12-44-25)36-29(40)43/h7,12,14-15,19-21H,3-6,8-11,13,16-17,35H2,1-2H3,(H,36,43)/t19-/m0/s1. The number of likely N-dealkylation sites (tertiary alicyclic amines) is 2. The number of alkyl halides is 3. The normalized spacial score (nSPS) is 19.2. The van der Waals surface area contributed by atoms with Crippen LogP contribution in [-0.4, -0.2) is 89.8 Å². The molecule has 2 fully saturated rings. The fourth-order valence-electron chi connectivity index (χ4n) is 6.47. The molecule has 2 aromatic rings. The summed E-state index contributed by atoms with van der Waals surface area (Å²) < 4.78 is 41.1. The van der Waals surface area contributed by atoms with E-state index in [0.717, 1.165) is 29.5 Å². The number of fused-ring (bicyclic) bond motifs is 1. The van der Waals surface area contributed by atoms with Crippen LogP contribution < -0.4 is 11.1 Å². The van der Waals surface area contributed by atoms with Gasteiger partial charge in [0.15, 0.2) is 0 Å². The lowest BCUT2D eigenvalue weighted by Gasteiger charge is -2.40. The summed E-state index contributed by atoms with van der Waals surface area (Å²) in [6.45, 7) is 2.40. The average molecular weight is 655 g/mol. The van der Waals surface area contributed by atoms with Gasteiger partial charge < -0.3 is 30.7 Å². The topological polar surface area (TPSA) is 102 Å². The molecule has 1 aromatic heterocycles. The Morgan fingerprint density at radius 2 is 1.77 bits per heavy atom. The zero-order chi connectivity index (χ0) is 31.8. The third kappa shape index (κ3) is 7.10. The van der Waals surface area contributed by atoms with Crippen LogP contribution in [0.5, 0.6) is 0 Å². The number of rotatable bonds is 7. The number of amides is 4. The van der Waals surface area contributed by atoms with Gasteiger partial charge in [-0.2, -0.15) is 13.2 Å². The van der Waals surface area contributed by atoms with Gasteiger partial charge in [-0.1, -0.05) is 11.6 Å². The number of nitrogen functional groups attached to an aromatic ring is 1. The molecule has 1 aromatic carbocycles. The van der Waals surface area contributed by atoms with E-state index in [9.17, 15) is 27.6 Å². The van der Waals surface area contributed by atoms with Crippen molar-refractivity contribution in [2.75, 3.05) is 51.3 Å². The lowest BCUT2D eigenvalue weighted by atomic mass is 9.91. The SMILES string of the molecule is CN(C)C1CCN(C(=O)[C@H](CC(=O)N2CCC(N3Cc4sccc4NC3=O)CC2)Cc2cc(Cl)c(N)c(C(F)(F)F)c2)CC1. The van der Waals surface area contributed by atoms with Crippen molar-refractivity contribution in [1.29, 1.82) is 0 Å². The van der Waals surface area contributed by atoms with Gasteiger partial charge in [0.05, 0.1) is 34.4 Å². The molecule has 2 saturated heterocycles. The summed E-state index contributed by atoms with van der Waals surface area (Å²) in [5.41, 5.74) is 5.06. The molecule has 0 saturated carbocycles. The fourth-order valence-corrected chi connectivity index (χ4v) is 7.54. The molecule has 14 heteroatoms. The van der Waals surface area contributed by atoms with E-state index in [4.69, 9.17) is 17.3 Å². The molecule has 3 aliphatic heterocycles. The fraction of sp³-hybridized carbons (Fsp3) is 0.567. The third-order valence-corrected chi connectivity index (χ3v) is 10.3. The summed E-state index contributed by atoms with van der Waals surface area (Å²) in [6, 6.07) is 4.33. The average Bonchev–Trinajstić information content (AvgIpc) is 3.44. The van der Waals surface area contributed by atoms with E-state index >= 15 is 0 Å². The summed E-state index contributed by atoms with van der Waals surface area (Å²) in [5.74, 6) is -1.34. The number of piperidine rings is 2. The lowest BCUT2D eigenvalue weighted by molar-refractivity contribution is -0.143. The second-order valence-corrected chi connectivity index (χ2v) is 13.5. The molecule has 9 nitrogen and oxygen atoms in total. The van der Waals surface area contributed by atoms with Gasteiger partial charge in [0.2, 0.25) is 11.8 Å². The first-order chi connectivity index (χ1) is 20.8. The first-order valence-corrected chi connectivity index (χ1v) is 16.1. The van der Waals surface area contributed by atoms with E-state index in [2.05, 4.69) is 10.2 Å². The van der Waals surface area contributed by atoms with Gasteiger partial charge in [-0.25, -0.2) is 4.79 Å². The molecule has 5 rings (SSSR count). The molecule has 44 heavy (non-hydrogen) atoms. The van der Waals surface area contributed by atoms with Gasteiger partial charge in [-0.3, -0.25) is 9.59 Å². The second kappa shape index (κ2) is 13.1. The summed E-state index contributed by atoms with van der Waals surface area (Å²) in [4.78, 5) is 48.6. The molecule has 0 spiro atoms. The van der Waals surface area contributed by atoms with Crippen LogP contribution in [0.15, 0.2) is 23.6 Å². The number of thiophene rings is 1. The van der Waals surface area contributed by atoms with Crippen molar-refractivity contribution in [2.24, 2.45) is 5.92 Å². The van der Waals surface area contributed by atoms with Crippen LogP contribution >= 0.6 is 22.9 Å².